The van der Waals surface area contributed by atoms with Crippen molar-refractivity contribution < 1.29 is 9.53 Å². The van der Waals surface area contributed by atoms with Gasteiger partial charge in [0, 0.05) is 26.3 Å². The van der Waals surface area contributed by atoms with E-state index in [2.05, 4.69) is 5.32 Å². The Hall–Kier alpha value is -1.86. The molecule has 0 unspecified atom stereocenters. The summed E-state index contributed by atoms with van der Waals surface area (Å²) in [6, 6.07) is 7.63. The fraction of sp³-hybridized carbons (Fsp3) is 0.591. The zero-order valence-electron chi connectivity index (χ0n) is 17.4. The van der Waals surface area contributed by atoms with E-state index in [4.69, 9.17) is 9.72 Å². The molecule has 158 valence electrons. The zero-order valence-corrected chi connectivity index (χ0v) is 18.2. The number of nitrogens with zero attached hydrogens (tertiary/aromatic N) is 2. The lowest BCUT2D eigenvalue weighted by molar-refractivity contribution is -0.121. The molecule has 3 rings (SSSR count). The SMILES string of the molecule is COCCCn1c(S[C@@H](C)C(=O)NC2CCCCCC2)nc2ccccc2c1=O. The van der Waals surface area contributed by atoms with Gasteiger partial charge >= 0.3 is 0 Å². The van der Waals surface area contributed by atoms with Crippen LogP contribution in [-0.2, 0) is 16.1 Å². The quantitative estimate of drug-likeness (QED) is 0.306. The first kappa shape index (κ1) is 21.8. The Morgan fingerprint density at radius 3 is 2.72 bits per heavy atom. The lowest BCUT2D eigenvalue weighted by Gasteiger charge is -2.20. The standard InChI is InChI=1S/C22H31N3O3S/c1-16(20(26)23-17-10-5-3-4-6-11-17)29-22-24-19-13-8-7-12-18(19)21(27)25(22)14-9-15-28-2/h7-8,12-13,16-17H,3-6,9-11,14-15H2,1-2H3,(H,23,26)/t16-/m0/s1. The monoisotopic (exact) mass is 417 g/mol. The van der Waals surface area contributed by atoms with Crippen molar-refractivity contribution in [1.82, 2.24) is 14.9 Å². The molecule has 7 heteroatoms. The maximum Gasteiger partial charge on any atom is 0.262 e. The number of amides is 1. The third-order valence-corrected chi connectivity index (χ3v) is 6.50. The van der Waals surface area contributed by atoms with E-state index in [1.54, 1.807) is 17.7 Å². The molecule has 1 aromatic carbocycles. The fourth-order valence-corrected chi connectivity index (χ4v) is 4.70. The molecule has 0 aliphatic heterocycles. The lowest BCUT2D eigenvalue weighted by Crippen LogP contribution is -2.39. The van der Waals surface area contributed by atoms with Crippen molar-refractivity contribution in [3.8, 4) is 0 Å². The molecular weight excluding hydrogens is 386 g/mol. The number of methoxy groups -OCH3 is 1. The van der Waals surface area contributed by atoms with Gasteiger partial charge in [0.25, 0.3) is 5.56 Å². The normalized spacial score (nSPS) is 16.5. The molecule has 1 saturated carbocycles. The summed E-state index contributed by atoms with van der Waals surface area (Å²) in [5, 5.41) is 4.08. The number of carbonyl (C=O) groups excluding carboxylic acids is 1. The number of carbonyl (C=O) groups is 1. The first-order chi connectivity index (χ1) is 14.1. The number of thioether (sulfide) groups is 1. The molecule has 1 fully saturated rings. The minimum atomic E-state index is -0.319. The van der Waals surface area contributed by atoms with Crippen LogP contribution < -0.4 is 10.9 Å². The van der Waals surface area contributed by atoms with Crippen LogP contribution in [0.4, 0.5) is 0 Å². The first-order valence-electron chi connectivity index (χ1n) is 10.6. The minimum Gasteiger partial charge on any atom is -0.385 e. The number of nitrogens with one attached hydrogen (secondary N) is 1. The summed E-state index contributed by atoms with van der Waals surface area (Å²) in [5.74, 6) is 0.0211. The van der Waals surface area contributed by atoms with Gasteiger partial charge in [-0.1, -0.05) is 49.6 Å². The highest BCUT2D eigenvalue weighted by Gasteiger charge is 2.22. The highest BCUT2D eigenvalue weighted by atomic mass is 32.2. The third kappa shape index (κ3) is 5.82. The van der Waals surface area contributed by atoms with Crippen LogP contribution in [0.1, 0.15) is 51.9 Å². The Kier molecular flexibility index (Phi) is 8.12. The van der Waals surface area contributed by atoms with Gasteiger partial charge in [0.2, 0.25) is 5.91 Å². The van der Waals surface area contributed by atoms with Crippen LogP contribution in [0.25, 0.3) is 10.9 Å². The number of para-hydroxylation sites is 1. The van der Waals surface area contributed by atoms with Crippen LogP contribution in [0.3, 0.4) is 0 Å². The van der Waals surface area contributed by atoms with Gasteiger partial charge in [-0.05, 0) is 38.3 Å². The Bertz CT molecular complexity index is 875. The molecule has 2 aromatic rings. The molecular formula is C22H31N3O3S. The van der Waals surface area contributed by atoms with Crippen LogP contribution in [0.2, 0.25) is 0 Å². The van der Waals surface area contributed by atoms with Gasteiger partial charge in [0.15, 0.2) is 5.16 Å². The highest BCUT2D eigenvalue weighted by molar-refractivity contribution is 8.00. The molecule has 1 aliphatic carbocycles. The van der Waals surface area contributed by atoms with E-state index in [9.17, 15) is 9.59 Å². The number of fused-ring (bicyclic) bond motifs is 1. The van der Waals surface area contributed by atoms with E-state index in [1.165, 1.54) is 37.4 Å². The van der Waals surface area contributed by atoms with Gasteiger partial charge in [-0.3, -0.25) is 14.2 Å². The molecule has 6 nitrogen and oxygen atoms in total. The van der Waals surface area contributed by atoms with Crippen LogP contribution in [0.15, 0.2) is 34.2 Å². The number of benzene rings is 1. The lowest BCUT2D eigenvalue weighted by atomic mass is 10.1. The van der Waals surface area contributed by atoms with Crippen molar-refractivity contribution in [1.29, 1.82) is 0 Å². The second-order valence-electron chi connectivity index (χ2n) is 7.67. The molecule has 1 aliphatic rings. The Morgan fingerprint density at radius 2 is 2.00 bits per heavy atom. The molecule has 0 saturated heterocycles. The topological polar surface area (TPSA) is 73.2 Å². The van der Waals surface area contributed by atoms with Crippen molar-refractivity contribution in [2.45, 2.75) is 74.9 Å². The molecule has 0 bridgehead atoms. The largest absolute Gasteiger partial charge is 0.385 e. The number of aromatic nitrogens is 2. The average molecular weight is 418 g/mol. The molecule has 1 N–H and O–H groups in total. The Labute approximate surface area is 176 Å². The first-order valence-corrected chi connectivity index (χ1v) is 11.4. The van der Waals surface area contributed by atoms with Crippen molar-refractivity contribution in [2.24, 2.45) is 0 Å². The maximum atomic E-state index is 13.0. The van der Waals surface area contributed by atoms with Crippen LogP contribution in [0, 0.1) is 0 Å². The summed E-state index contributed by atoms with van der Waals surface area (Å²) in [7, 11) is 1.65. The molecule has 1 aromatic heterocycles. The van der Waals surface area contributed by atoms with E-state index < -0.39 is 0 Å². The predicted molar refractivity (Wildman–Crippen MR) is 117 cm³/mol. The van der Waals surface area contributed by atoms with E-state index in [-0.39, 0.29) is 22.8 Å². The second-order valence-corrected chi connectivity index (χ2v) is 8.98. The van der Waals surface area contributed by atoms with Crippen molar-refractivity contribution in [2.75, 3.05) is 13.7 Å². The van der Waals surface area contributed by atoms with Gasteiger partial charge in [-0.15, -0.1) is 0 Å². The van der Waals surface area contributed by atoms with Crippen LogP contribution in [-0.4, -0.2) is 40.5 Å². The van der Waals surface area contributed by atoms with Crippen molar-refractivity contribution >= 4 is 28.6 Å². The Balaban J connectivity index is 1.78. The van der Waals surface area contributed by atoms with Crippen LogP contribution >= 0.6 is 11.8 Å². The summed E-state index contributed by atoms with van der Waals surface area (Å²) >= 11 is 1.36. The summed E-state index contributed by atoms with van der Waals surface area (Å²) < 4.78 is 6.82. The smallest absolute Gasteiger partial charge is 0.262 e. The summed E-state index contributed by atoms with van der Waals surface area (Å²) in [5.41, 5.74) is 0.602. The number of hydrogen-bond acceptors (Lipinski definition) is 5. The van der Waals surface area contributed by atoms with Gasteiger partial charge in [0.05, 0.1) is 16.2 Å². The second kappa shape index (κ2) is 10.8. The Morgan fingerprint density at radius 1 is 1.28 bits per heavy atom. The van der Waals surface area contributed by atoms with E-state index in [0.717, 1.165) is 12.8 Å². The molecule has 0 radical (unpaired) electrons. The maximum absolute atomic E-state index is 13.0. The molecule has 0 spiro atoms. The van der Waals surface area contributed by atoms with Crippen LogP contribution in [0.5, 0.6) is 0 Å². The number of rotatable bonds is 8. The minimum absolute atomic E-state index is 0.0211. The zero-order chi connectivity index (χ0) is 20.6. The highest BCUT2D eigenvalue weighted by Crippen LogP contribution is 2.24. The molecule has 1 atom stereocenters. The summed E-state index contributed by atoms with van der Waals surface area (Å²) in [4.78, 5) is 30.5. The van der Waals surface area contributed by atoms with E-state index >= 15 is 0 Å². The van der Waals surface area contributed by atoms with Gasteiger partial charge < -0.3 is 10.1 Å². The fourth-order valence-electron chi connectivity index (χ4n) is 3.76. The number of hydrogen-bond donors (Lipinski definition) is 1. The van der Waals surface area contributed by atoms with Crippen molar-refractivity contribution in [3.63, 3.8) is 0 Å². The van der Waals surface area contributed by atoms with Gasteiger partial charge in [0.1, 0.15) is 0 Å². The molecule has 1 amide bonds. The molecule has 29 heavy (non-hydrogen) atoms. The van der Waals surface area contributed by atoms with E-state index in [0.29, 0.717) is 35.6 Å². The number of ether oxygens (including phenoxy) is 1. The summed E-state index contributed by atoms with van der Waals surface area (Å²) in [6.07, 6.45) is 7.69. The molecule has 1 heterocycles. The van der Waals surface area contributed by atoms with Crippen molar-refractivity contribution in [3.05, 3.63) is 34.6 Å². The average Bonchev–Trinajstić information content (AvgIpc) is 2.99. The third-order valence-electron chi connectivity index (χ3n) is 5.41. The predicted octanol–water partition coefficient (Wildman–Crippen LogP) is 3.75. The van der Waals surface area contributed by atoms with E-state index in [1.807, 2.05) is 25.1 Å². The van der Waals surface area contributed by atoms with Gasteiger partial charge in [-0.25, -0.2) is 4.98 Å². The van der Waals surface area contributed by atoms with Gasteiger partial charge in [-0.2, -0.15) is 0 Å². The summed E-state index contributed by atoms with van der Waals surface area (Å²) in [6.45, 7) is 2.97.